The number of Topliss-reactive ketones (excluding diaryl/α,β-unsaturated/α-hetero) is 1. The topological polar surface area (TPSA) is 152 Å². The van der Waals surface area contributed by atoms with E-state index in [2.05, 4.69) is 21.1 Å². The number of aromatic nitrogens is 1. The Kier molecular flexibility index (Phi) is 11.2. The Hall–Kier alpha value is -3.57. The van der Waals surface area contributed by atoms with Gasteiger partial charge in [-0.3, -0.25) is 19.2 Å². The van der Waals surface area contributed by atoms with Crippen LogP contribution in [0.3, 0.4) is 0 Å². The number of rotatable bonds is 16. The Morgan fingerprint density at radius 2 is 1.51 bits per heavy atom. The fourth-order valence-electron chi connectivity index (χ4n) is 4.49. The van der Waals surface area contributed by atoms with Gasteiger partial charge in [0.05, 0.1) is 12.6 Å². The highest BCUT2D eigenvalue weighted by atomic mass is 16.6. The molecule has 0 bridgehead atoms. The lowest BCUT2D eigenvalue weighted by Gasteiger charge is -2.27. The van der Waals surface area contributed by atoms with Gasteiger partial charge < -0.3 is 29.9 Å². The number of carbonyl (C=O) groups excluding carboxylic acids is 4. The average molecular weight is 571 g/mol. The summed E-state index contributed by atoms with van der Waals surface area (Å²) in [5, 5.41) is 12.2. The molecule has 1 aliphatic rings. The standard InChI is InChI=1S/C30H42N4O7/c1-18(2)12-22(26(35)30(5)17-40-30)31-28(37)24(14-20-10-8-7-9-11-20)33-27(36)23(13-19(3)4)32-29(38)25-15-21(16-39-6)41-34-25/h7-11,15,18-19,22-24H,12-14,16-17H2,1-6H3,(H,31,37)(H,32,38)(H,33,36)/t22-,23-,24-,30+/m0/s1. The van der Waals surface area contributed by atoms with E-state index >= 15 is 0 Å². The fourth-order valence-corrected chi connectivity index (χ4v) is 4.49. The first-order valence-electron chi connectivity index (χ1n) is 14.0. The zero-order chi connectivity index (χ0) is 30.2. The lowest BCUT2D eigenvalue weighted by atomic mass is 9.93. The first-order chi connectivity index (χ1) is 19.4. The first kappa shape index (κ1) is 32.0. The molecule has 1 saturated heterocycles. The van der Waals surface area contributed by atoms with Gasteiger partial charge in [0, 0.05) is 19.6 Å². The number of epoxide rings is 1. The molecule has 0 saturated carbocycles. The molecule has 1 fully saturated rings. The third-order valence-corrected chi connectivity index (χ3v) is 6.76. The highest BCUT2D eigenvalue weighted by molar-refractivity contribution is 5.99. The molecule has 3 N–H and O–H groups in total. The normalized spacial score (nSPS) is 18.4. The smallest absolute Gasteiger partial charge is 0.274 e. The summed E-state index contributed by atoms with van der Waals surface area (Å²) in [5.74, 6) is -1.20. The first-order valence-corrected chi connectivity index (χ1v) is 14.0. The van der Waals surface area contributed by atoms with Crippen LogP contribution in [0, 0.1) is 11.8 Å². The van der Waals surface area contributed by atoms with Crippen molar-refractivity contribution in [3.63, 3.8) is 0 Å². The van der Waals surface area contributed by atoms with Crippen LogP contribution in [0.4, 0.5) is 0 Å². The number of hydrogen-bond acceptors (Lipinski definition) is 8. The lowest BCUT2D eigenvalue weighted by Crippen LogP contribution is -2.57. The van der Waals surface area contributed by atoms with Gasteiger partial charge in [0.15, 0.2) is 17.2 Å². The molecule has 1 aliphatic heterocycles. The van der Waals surface area contributed by atoms with E-state index in [1.165, 1.54) is 13.2 Å². The Morgan fingerprint density at radius 1 is 0.927 bits per heavy atom. The van der Waals surface area contributed by atoms with Gasteiger partial charge in [-0.15, -0.1) is 0 Å². The van der Waals surface area contributed by atoms with Crippen LogP contribution >= 0.6 is 0 Å². The van der Waals surface area contributed by atoms with E-state index in [-0.39, 0.29) is 36.3 Å². The van der Waals surface area contributed by atoms with E-state index in [0.29, 0.717) is 25.2 Å². The van der Waals surface area contributed by atoms with Crippen LogP contribution in [0.15, 0.2) is 40.9 Å². The molecule has 2 heterocycles. The number of hydrogen-bond donors (Lipinski definition) is 3. The molecule has 3 rings (SSSR count). The number of ether oxygens (including phenoxy) is 2. The maximum atomic E-state index is 13.6. The monoisotopic (exact) mass is 570 g/mol. The van der Waals surface area contributed by atoms with Crippen LogP contribution in [0.5, 0.6) is 0 Å². The lowest BCUT2D eigenvalue weighted by molar-refractivity contribution is -0.133. The van der Waals surface area contributed by atoms with Gasteiger partial charge in [0.25, 0.3) is 5.91 Å². The average Bonchev–Trinajstić information content (AvgIpc) is 3.49. The molecular weight excluding hydrogens is 528 g/mol. The molecule has 1 aromatic carbocycles. The van der Waals surface area contributed by atoms with E-state index in [1.807, 2.05) is 58.0 Å². The second-order valence-electron chi connectivity index (χ2n) is 11.6. The van der Waals surface area contributed by atoms with Crippen molar-refractivity contribution in [3.8, 4) is 0 Å². The third-order valence-electron chi connectivity index (χ3n) is 6.76. The molecule has 11 heteroatoms. The van der Waals surface area contributed by atoms with Crippen molar-refractivity contribution in [2.75, 3.05) is 13.7 Å². The van der Waals surface area contributed by atoms with Crippen molar-refractivity contribution in [2.24, 2.45) is 11.8 Å². The molecule has 1 aromatic heterocycles. The summed E-state index contributed by atoms with van der Waals surface area (Å²) in [6.07, 6.45) is 0.954. The highest BCUT2D eigenvalue weighted by Gasteiger charge is 2.50. The maximum absolute atomic E-state index is 13.6. The van der Waals surface area contributed by atoms with Gasteiger partial charge in [0.2, 0.25) is 11.8 Å². The van der Waals surface area contributed by atoms with E-state index < -0.39 is 41.4 Å². The maximum Gasteiger partial charge on any atom is 0.274 e. The molecule has 2 aromatic rings. The van der Waals surface area contributed by atoms with Gasteiger partial charge in [0.1, 0.15) is 24.3 Å². The van der Waals surface area contributed by atoms with Crippen molar-refractivity contribution in [1.29, 1.82) is 0 Å². The minimum atomic E-state index is -0.993. The molecule has 3 amide bonds. The third kappa shape index (κ3) is 9.50. The van der Waals surface area contributed by atoms with Gasteiger partial charge in [-0.05, 0) is 37.2 Å². The Morgan fingerprint density at radius 3 is 2.10 bits per heavy atom. The number of benzene rings is 1. The molecule has 4 atom stereocenters. The SMILES string of the molecule is COCc1cc(C(=O)N[C@@H](CC(C)C)C(=O)N[C@@H](Cc2ccccc2)C(=O)N[C@@H](CC(C)C)C(=O)[C@@]2(C)CO2)no1. The summed E-state index contributed by atoms with van der Waals surface area (Å²) in [7, 11) is 1.49. The van der Waals surface area contributed by atoms with Crippen LogP contribution in [0.1, 0.15) is 69.3 Å². The molecule has 0 aliphatic carbocycles. The van der Waals surface area contributed by atoms with Crippen molar-refractivity contribution >= 4 is 23.5 Å². The van der Waals surface area contributed by atoms with Crippen molar-refractivity contribution in [2.45, 2.75) is 84.2 Å². The fraction of sp³-hybridized carbons (Fsp3) is 0.567. The van der Waals surface area contributed by atoms with E-state index in [1.54, 1.807) is 6.92 Å². The molecule has 0 spiro atoms. The number of amides is 3. The number of ketones is 1. The molecule has 224 valence electrons. The molecular formula is C30H42N4O7. The minimum absolute atomic E-state index is 0.0167. The number of carbonyl (C=O) groups is 4. The quantitative estimate of drug-likeness (QED) is 0.261. The number of methoxy groups -OCH3 is 1. The summed E-state index contributed by atoms with van der Waals surface area (Å²) in [6.45, 7) is 9.97. The number of nitrogens with zero attached hydrogens (tertiary/aromatic N) is 1. The molecule has 0 unspecified atom stereocenters. The summed E-state index contributed by atoms with van der Waals surface area (Å²) in [4.78, 5) is 53.3. The number of nitrogens with one attached hydrogen (secondary N) is 3. The van der Waals surface area contributed by atoms with Crippen molar-refractivity contribution in [3.05, 3.63) is 53.4 Å². The van der Waals surface area contributed by atoms with Crippen molar-refractivity contribution in [1.82, 2.24) is 21.1 Å². The largest absolute Gasteiger partial charge is 0.377 e. The second-order valence-corrected chi connectivity index (χ2v) is 11.6. The second kappa shape index (κ2) is 14.4. The summed E-state index contributed by atoms with van der Waals surface area (Å²) in [5.41, 5.74) is -0.0556. The Balaban J connectivity index is 1.79. The molecule has 11 nitrogen and oxygen atoms in total. The summed E-state index contributed by atoms with van der Waals surface area (Å²) < 4.78 is 15.4. The van der Waals surface area contributed by atoms with E-state index in [9.17, 15) is 19.2 Å². The van der Waals surface area contributed by atoms with Gasteiger partial charge in [-0.1, -0.05) is 63.2 Å². The van der Waals surface area contributed by atoms with E-state index in [0.717, 1.165) is 5.56 Å². The van der Waals surface area contributed by atoms with Crippen LogP contribution in [0.25, 0.3) is 0 Å². The van der Waals surface area contributed by atoms with Gasteiger partial charge >= 0.3 is 0 Å². The summed E-state index contributed by atoms with van der Waals surface area (Å²) >= 11 is 0. The Bertz CT molecular complexity index is 1190. The van der Waals surface area contributed by atoms with Gasteiger partial charge in [-0.2, -0.15) is 0 Å². The van der Waals surface area contributed by atoms with Crippen LogP contribution in [0.2, 0.25) is 0 Å². The van der Waals surface area contributed by atoms with Gasteiger partial charge in [-0.25, -0.2) is 0 Å². The van der Waals surface area contributed by atoms with Crippen LogP contribution < -0.4 is 16.0 Å². The predicted molar refractivity (Wildman–Crippen MR) is 151 cm³/mol. The van der Waals surface area contributed by atoms with E-state index in [4.69, 9.17) is 14.0 Å². The highest BCUT2D eigenvalue weighted by Crippen LogP contribution is 2.29. The molecule has 41 heavy (non-hydrogen) atoms. The van der Waals surface area contributed by atoms with Crippen LogP contribution in [-0.4, -0.2) is 66.1 Å². The zero-order valence-electron chi connectivity index (χ0n) is 24.7. The zero-order valence-corrected chi connectivity index (χ0v) is 24.7. The van der Waals surface area contributed by atoms with Crippen LogP contribution in [-0.2, 0) is 36.9 Å². The predicted octanol–water partition coefficient (Wildman–Crippen LogP) is 2.58. The Labute approximate surface area is 241 Å². The minimum Gasteiger partial charge on any atom is -0.377 e. The van der Waals surface area contributed by atoms with Crippen molar-refractivity contribution < 1.29 is 33.2 Å². The molecule has 0 radical (unpaired) electrons. The summed E-state index contributed by atoms with van der Waals surface area (Å²) in [6, 6.07) is 8.03.